The summed E-state index contributed by atoms with van der Waals surface area (Å²) in [5.74, 6) is 1.32. The molecule has 23 heavy (non-hydrogen) atoms. The zero-order valence-corrected chi connectivity index (χ0v) is 13.9. The third-order valence-electron chi connectivity index (χ3n) is 3.69. The fourth-order valence-corrected chi connectivity index (χ4v) is 3.84. The Hall–Kier alpha value is -2.05. The van der Waals surface area contributed by atoms with Gasteiger partial charge in [0.25, 0.3) is 0 Å². The first-order chi connectivity index (χ1) is 11.0. The van der Waals surface area contributed by atoms with Crippen LogP contribution in [-0.2, 0) is 10.0 Å². The van der Waals surface area contributed by atoms with E-state index in [1.807, 2.05) is 31.2 Å². The first-order valence-corrected chi connectivity index (χ1v) is 8.89. The van der Waals surface area contributed by atoms with Crippen LogP contribution in [0.4, 0.5) is 0 Å². The van der Waals surface area contributed by atoms with Gasteiger partial charge in [0.15, 0.2) is 11.5 Å². The maximum absolute atomic E-state index is 12.4. The van der Waals surface area contributed by atoms with Crippen molar-refractivity contribution < 1.29 is 17.9 Å². The zero-order valence-electron chi connectivity index (χ0n) is 13.1. The van der Waals surface area contributed by atoms with Crippen LogP contribution >= 0.6 is 0 Å². The van der Waals surface area contributed by atoms with Crippen molar-refractivity contribution >= 4 is 10.0 Å². The van der Waals surface area contributed by atoms with E-state index in [4.69, 9.17) is 9.47 Å². The largest absolute Gasteiger partial charge is 0.486 e. The van der Waals surface area contributed by atoms with Crippen LogP contribution in [0.5, 0.6) is 11.5 Å². The number of ether oxygens (including phenoxy) is 2. The van der Waals surface area contributed by atoms with Crippen LogP contribution in [0.2, 0.25) is 0 Å². The van der Waals surface area contributed by atoms with Gasteiger partial charge in [-0.2, -0.15) is 0 Å². The standard InChI is InChI=1S/C17H19NO4S/c1-12-7-8-17(13(2)9-12)23(19,20)18-10-14-11-21-15-5-3-4-6-16(15)22-14/h3-9,14,18H,10-11H2,1-2H3. The predicted molar refractivity (Wildman–Crippen MR) is 87.5 cm³/mol. The van der Waals surface area contributed by atoms with Gasteiger partial charge in [0.05, 0.1) is 11.4 Å². The monoisotopic (exact) mass is 333 g/mol. The minimum atomic E-state index is -3.57. The lowest BCUT2D eigenvalue weighted by atomic mass is 10.2. The van der Waals surface area contributed by atoms with E-state index in [9.17, 15) is 8.42 Å². The summed E-state index contributed by atoms with van der Waals surface area (Å²) < 4.78 is 38.8. The summed E-state index contributed by atoms with van der Waals surface area (Å²) in [6.07, 6.45) is -0.356. The lowest BCUT2D eigenvalue weighted by molar-refractivity contribution is 0.0943. The van der Waals surface area contributed by atoms with Crippen molar-refractivity contribution in [2.75, 3.05) is 13.2 Å². The van der Waals surface area contributed by atoms with Crippen molar-refractivity contribution in [2.24, 2.45) is 0 Å². The Morgan fingerprint density at radius 3 is 2.61 bits per heavy atom. The highest BCUT2D eigenvalue weighted by Gasteiger charge is 2.24. The van der Waals surface area contributed by atoms with Gasteiger partial charge in [-0.1, -0.05) is 29.8 Å². The molecule has 2 aromatic rings. The van der Waals surface area contributed by atoms with Crippen LogP contribution in [0.15, 0.2) is 47.4 Å². The second-order valence-corrected chi connectivity index (χ2v) is 7.35. The van der Waals surface area contributed by atoms with Gasteiger partial charge in [0.1, 0.15) is 12.7 Å². The fourth-order valence-electron chi connectivity index (χ4n) is 2.54. The number of nitrogens with one attached hydrogen (secondary N) is 1. The molecule has 6 heteroatoms. The number of aryl methyl sites for hydroxylation is 2. The molecule has 0 aromatic heterocycles. The highest BCUT2D eigenvalue weighted by Crippen LogP contribution is 2.30. The second kappa shape index (κ2) is 6.22. The molecule has 3 rings (SSSR count). The highest BCUT2D eigenvalue weighted by molar-refractivity contribution is 7.89. The Bertz CT molecular complexity index is 817. The molecular weight excluding hydrogens is 314 g/mol. The highest BCUT2D eigenvalue weighted by atomic mass is 32.2. The van der Waals surface area contributed by atoms with Gasteiger partial charge in [-0.25, -0.2) is 13.1 Å². The second-order valence-electron chi connectivity index (χ2n) is 5.62. The van der Waals surface area contributed by atoms with Crippen molar-refractivity contribution in [3.63, 3.8) is 0 Å². The minimum absolute atomic E-state index is 0.157. The zero-order chi connectivity index (χ0) is 16.4. The quantitative estimate of drug-likeness (QED) is 0.933. The van der Waals surface area contributed by atoms with E-state index in [0.29, 0.717) is 23.0 Å². The van der Waals surface area contributed by atoms with Gasteiger partial charge in [-0.3, -0.25) is 0 Å². The summed E-state index contributed by atoms with van der Waals surface area (Å²) in [5.41, 5.74) is 1.76. The third kappa shape index (κ3) is 3.48. The smallest absolute Gasteiger partial charge is 0.240 e. The molecule has 1 N–H and O–H groups in total. The van der Waals surface area contributed by atoms with Gasteiger partial charge < -0.3 is 9.47 Å². The van der Waals surface area contributed by atoms with Gasteiger partial charge in [0, 0.05) is 0 Å². The van der Waals surface area contributed by atoms with Gasteiger partial charge in [-0.05, 0) is 37.6 Å². The summed E-state index contributed by atoms with van der Waals surface area (Å²) in [4.78, 5) is 0.292. The number of hydrogen-bond donors (Lipinski definition) is 1. The molecule has 122 valence electrons. The molecule has 0 amide bonds. The van der Waals surface area contributed by atoms with E-state index in [-0.39, 0.29) is 12.6 Å². The molecule has 0 fully saturated rings. The van der Waals surface area contributed by atoms with Crippen LogP contribution in [0.3, 0.4) is 0 Å². The third-order valence-corrected chi connectivity index (χ3v) is 5.27. The summed E-state index contributed by atoms with van der Waals surface area (Å²) in [6, 6.07) is 12.6. The average molecular weight is 333 g/mol. The van der Waals surface area contributed by atoms with Crippen molar-refractivity contribution in [3.8, 4) is 11.5 Å². The molecule has 2 aromatic carbocycles. The molecule has 1 aliphatic rings. The van der Waals surface area contributed by atoms with Crippen molar-refractivity contribution in [1.29, 1.82) is 0 Å². The Morgan fingerprint density at radius 1 is 1.13 bits per heavy atom. The summed E-state index contributed by atoms with van der Waals surface area (Å²) in [6.45, 7) is 4.19. The first kappa shape index (κ1) is 15.8. The topological polar surface area (TPSA) is 64.6 Å². The molecule has 1 heterocycles. The lowest BCUT2D eigenvalue weighted by Crippen LogP contribution is -2.40. The molecule has 0 radical (unpaired) electrons. The van der Waals surface area contributed by atoms with Gasteiger partial charge in [-0.15, -0.1) is 0 Å². The SMILES string of the molecule is Cc1ccc(S(=O)(=O)NCC2COc3ccccc3O2)c(C)c1. The predicted octanol–water partition coefficient (Wildman–Crippen LogP) is 2.42. The maximum Gasteiger partial charge on any atom is 0.240 e. The van der Waals surface area contributed by atoms with Crippen LogP contribution in [-0.4, -0.2) is 27.7 Å². The lowest BCUT2D eigenvalue weighted by Gasteiger charge is -2.26. The number of sulfonamides is 1. The van der Waals surface area contributed by atoms with E-state index in [0.717, 1.165) is 11.1 Å². The number of para-hydroxylation sites is 2. The van der Waals surface area contributed by atoms with Crippen LogP contribution in [0.25, 0.3) is 0 Å². The molecule has 0 spiro atoms. The summed E-state index contributed by atoms with van der Waals surface area (Å²) in [7, 11) is -3.57. The number of hydrogen-bond acceptors (Lipinski definition) is 4. The van der Waals surface area contributed by atoms with Crippen molar-refractivity contribution in [1.82, 2.24) is 4.72 Å². The molecule has 1 atom stereocenters. The van der Waals surface area contributed by atoms with E-state index in [1.54, 1.807) is 25.1 Å². The minimum Gasteiger partial charge on any atom is -0.486 e. The number of rotatable bonds is 4. The molecule has 5 nitrogen and oxygen atoms in total. The van der Waals surface area contributed by atoms with E-state index in [2.05, 4.69) is 4.72 Å². The number of benzene rings is 2. The molecule has 0 saturated heterocycles. The maximum atomic E-state index is 12.4. The summed E-state index contributed by atoms with van der Waals surface area (Å²) in [5, 5.41) is 0. The fraction of sp³-hybridized carbons (Fsp3) is 0.294. The van der Waals surface area contributed by atoms with Crippen LogP contribution in [0, 0.1) is 13.8 Å². The average Bonchev–Trinajstić information content (AvgIpc) is 2.52. The van der Waals surface area contributed by atoms with Crippen LogP contribution in [0.1, 0.15) is 11.1 Å². The summed E-state index contributed by atoms with van der Waals surface area (Å²) >= 11 is 0. The Kier molecular flexibility index (Phi) is 4.28. The van der Waals surface area contributed by atoms with E-state index >= 15 is 0 Å². The van der Waals surface area contributed by atoms with E-state index < -0.39 is 10.0 Å². The molecule has 0 aliphatic carbocycles. The normalized spacial score (nSPS) is 17.0. The van der Waals surface area contributed by atoms with Crippen molar-refractivity contribution in [3.05, 3.63) is 53.6 Å². The van der Waals surface area contributed by atoms with Crippen molar-refractivity contribution in [2.45, 2.75) is 24.8 Å². The first-order valence-electron chi connectivity index (χ1n) is 7.41. The molecule has 1 aliphatic heterocycles. The van der Waals surface area contributed by atoms with E-state index in [1.165, 1.54) is 0 Å². The van der Waals surface area contributed by atoms with Crippen LogP contribution < -0.4 is 14.2 Å². The Labute approximate surface area is 136 Å². The molecule has 0 saturated carbocycles. The van der Waals surface area contributed by atoms with Gasteiger partial charge in [0.2, 0.25) is 10.0 Å². The molecular formula is C17H19NO4S. The van der Waals surface area contributed by atoms with Gasteiger partial charge >= 0.3 is 0 Å². The molecule has 0 bridgehead atoms. The number of fused-ring (bicyclic) bond motifs is 1. The molecule has 1 unspecified atom stereocenters. The Balaban J connectivity index is 1.68. The Morgan fingerprint density at radius 2 is 1.87 bits per heavy atom.